The van der Waals surface area contributed by atoms with E-state index in [0.717, 1.165) is 16.7 Å². The summed E-state index contributed by atoms with van der Waals surface area (Å²) >= 11 is 0. The third-order valence-corrected chi connectivity index (χ3v) is 4.26. The van der Waals surface area contributed by atoms with Gasteiger partial charge in [-0.1, -0.05) is 31.2 Å². The Hall–Kier alpha value is -3.22. The van der Waals surface area contributed by atoms with Crippen molar-refractivity contribution in [3.63, 3.8) is 0 Å². The molecule has 0 radical (unpaired) electrons. The average molecular weight is 369 g/mol. The summed E-state index contributed by atoms with van der Waals surface area (Å²) in [5.74, 6) is -1.47. The molecule has 1 aromatic heterocycles. The lowest BCUT2D eigenvalue weighted by Gasteiger charge is -2.14. The highest BCUT2D eigenvalue weighted by atomic mass is 19.1. The molecular formula is C20H20FN3O3. The molecule has 6 nitrogen and oxygen atoms in total. The van der Waals surface area contributed by atoms with Crippen molar-refractivity contribution >= 4 is 5.91 Å². The molecule has 0 aliphatic rings. The fourth-order valence-electron chi connectivity index (χ4n) is 2.66. The molecule has 140 valence electrons. The van der Waals surface area contributed by atoms with Gasteiger partial charge in [0, 0.05) is 5.56 Å². The minimum absolute atomic E-state index is 0.0380. The van der Waals surface area contributed by atoms with E-state index < -0.39 is 11.6 Å². The zero-order chi connectivity index (χ0) is 19.4. The van der Waals surface area contributed by atoms with Crippen LogP contribution in [0.15, 0.2) is 57.7 Å². The molecule has 0 aliphatic heterocycles. The Morgan fingerprint density at radius 1 is 1.19 bits per heavy atom. The SMILES string of the molecule is CCc1ccc([C@H](C)NC(=O)Cn2nc(-c3ccc(F)cc3)oc2=O)cc1. The minimum Gasteiger partial charge on any atom is -0.388 e. The van der Waals surface area contributed by atoms with E-state index >= 15 is 0 Å². The first-order chi connectivity index (χ1) is 13.0. The van der Waals surface area contributed by atoms with Crippen LogP contribution in [0.3, 0.4) is 0 Å². The van der Waals surface area contributed by atoms with Crippen LogP contribution in [0.25, 0.3) is 11.5 Å². The molecule has 0 bridgehead atoms. The molecule has 0 unspecified atom stereocenters. The molecule has 7 heteroatoms. The predicted octanol–water partition coefficient (Wildman–Crippen LogP) is 3.08. The number of rotatable bonds is 6. The lowest BCUT2D eigenvalue weighted by atomic mass is 10.1. The maximum Gasteiger partial charge on any atom is 0.437 e. The van der Waals surface area contributed by atoms with Crippen LogP contribution >= 0.6 is 0 Å². The molecule has 0 saturated carbocycles. The molecule has 0 aliphatic carbocycles. The first-order valence-corrected chi connectivity index (χ1v) is 8.68. The Balaban J connectivity index is 1.66. The minimum atomic E-state index is -0.746. The van der Waals surface area contributed by atoms with Crippen LogP contribution in [-0.4, -0.2) is 15.7 Å². The fourth-order valence-corrected chi connectivity index (χ4v) is 2.66. The van der Waals surface area contributed by atoms with Crippen molar-refractivity contribution in [3.8, 4) is 11.5 Å². The van der Waals surface area contributed by atoms with E-state index in [0.29, 0.717) is 5.56 Å². The van der Waals surface area contributed by atoms with E-state index in [-0.39, 0.29) is 24.4 Å². The van der Waals surface area contributed by atoms with Crippen molar-refractivity contribution in [2.45, 2.75) is 32.9 Å². The van der Waals surface area contributed by atoms with Gasteiger partial charge in [0.05, 0.1) is 6.04 Å². The number of amides is 1. The number of hydrogen-bond donors (Lipinski definition) is 1. The second kappa shape index (κ2) is 7.99. The second-order valence-electron chi connectivity index (χ2n) is 6.22. The van der Waals surface area contributed by atoms with Gasteiger partial charge in [-0.15, -0.1) is 5.10 Å². The van der Waals surface area contributed by atoms with Crippen LogP contribution in [0.1, 0.15) is 31.0 Å². The topological polar surface area (TPSA) is 77.1 Å². The highest BCUT2D eigenvalue weighted by Gasteiger charge is 2.15. The third-order valence-electron chi connectivity index (χ3n) is 4.26. The molecule has 2 aromatic carbocycles. The van der Waals surface area contributed by atoms with Crippen LogP contribution in [-0.2, 0) is 17.8 Å². The van der Waals surface area contributed by atoms with E-state index in [4.69, 9.17) is 4.42 Å². The van der Waals surface area contributed by atoms with Crippen molar-refractivity contribution in [2.75, 3.05) is 0 Å². The first kappa shape index (κ1) is 18.6. The summed E-state index contributed by atoms with van der Waals surface area (Å²) in [6.07, 6.45) is 0.951. The van der Waals surface area contributed by atoms with E-state index in [1.54, 1.807) is 0 Å². The Bertz CT molecular complexity index is 975. The maximum absolute atomic E-state index is 13.0. The lowest BCUT2D eigenvalue weighted by Crippen LogP contribution is -2.33. The Morgan fingerprint density at radius 2 is 1.85 bits per heavy atom. The number of nitrogens with one attached hydrogen (secondary N) is 1. The van der Waals surface area contributed by atoms with Gasteiger partial charge < -0.3 is 9.73 Å². The van der Waals surface area contributed by atoms with Crippen LogP contribution in [0.4, 0.5) is 4.39 Å². The molecule has 0 saturated heterocycles. The molecule has 27 heavy (non-hydrogen) atoms. The highest BCUT2D eigenvalue weighted by Crippen LogP contribution is 2.16. The van der Waals surface area contributed by atoms with Crippen LogP contribution in [0.5, 0.6) is 0 Å². The average Bonchev–Trinajstić information content (AvgIpc) is 3.02. The van der Waals surface area contributed by atoms with Gasteiger partial charge in [0.25, 0.3) is 0 Å². The summed E-state index contributed by atoms with van der Waals surface area (Å²) in [5, 5.41) is 6.84. The molecule has 3 rings (SSSR count). The van der Waals surface area contributed by atoms with Gasteiger partial charge in [0.2, 0.25) is 11.8 Å². The number of benzene rings is 2. The van der Waals surface area contributed by atoms with Crippen molar-refractivity contribution < 1.29 is 13.6 Å². The summed E-state index contributed by atoms with van der Waals surface area (Å²) in [4.78, 5) is 24.2. The molecule has 3 aromatic rings. The highest BCUT2D eigenvalue weighted by molar-refractivity contribution is 5.76. The largest absolute Gasteiger partial charge is 0.437 e. The van der Waals surface area contributed by atoms with Crippen molar-refractivity contribution in [3.05, 3.63) is 76.0 Å². The number of carbonyl (C=O) groups excluding carboxylic acids is 1. The lowest BCUT2D eigenvalue weighted by molar-refractivity contribution is -0.122. The molecule has 1 amide bonds. The zero-order valence-electron chi connectivity index (χ0n) is 15.1. The maximum atomic E-state index is 13.0. The van der Waals surface area contributed by atoms with Gasteiger partial charge >= 0.3 is 5.76 Å². The van der Waals surface area contributed by atoms with Gasteiger partial charge in [0.1, 0.15) is 12.4 Å². The van der Waals surface area contributed by atoms with Gasteiger partial charge in [-0.3, -0.25) is 4.79 Å². The number of carbonyl (C=O) groups is 1. The van der Waals surface area contributed by atoms with Gasteiger partial charge in [-0.25, -0.2) is 9.18 Å². The summed E-state index contributed by atoms with van der Waals surface area (Å²) < 4.78 is 19.0. The number of aromatic nitrogens is 2. The molecule has 1 N–H and O–H groups in total. The van der Waals surface area contributed by atoms with Crippen molar-refractivity contribution in [1.82, 2.24) is 15.1 Å². The zero-order valence-corrected chi connectivity index (χ0v) is 15.1. The van der Waals surface area contributed by atoms with E-state index in [1.165, 1.54) is 29.8 Å². The Labute approximate surface area is 155 Å². The predicted molar refractivity (Wildman–Crippen MR) is 98.5 cm³/mol. The number of halogens is 1. The van der Waals surface area contributed by atoms with E-state index in [2.05, 4.69) is 17.3 Å². The number of hydrogen-bond acceptors (Lipinski definition) is 4. The molecule has 0 spiro atoms. The third kappa shape index (κ3) is 4.49. The smallest absolute Gasteiger partial charge is 0.388 e. The summed E-state index contributed by atoms with van der Waals surface area (Å²) in [7, 11) is 0. The van der Waals surface area contributed by atoms with Gasteiger partial charge in [-0.2, -0.15) is 4.68 Å². The fraction of sp³-hybridized carbons (Fsp3) is 0.250. The molecule has 1 heterocycles. The monoisotopic (exact) mass is 369 g/mol. The Morgan fingerprint density at radius 3 is 2.48 bits per heavy atom. The van der Waals surface area contributed by atoms with Crippen molar-refractivity contribution in [1.29, 1.82) is 0 Å². The van der Waals surface area contributed by atoms with Crippen LogP contribution in [0, 0.1) is 5.82 Å². The second-order valence-corrected chi connectivity index (χ2v) is 6.22. The normalized spacial score (nSPS) is 12.0. The standard InChI is InChI=1S/C20H20FN3O3/c1-3-14-4-6-15(7-5-14)13(2)22-18(25)12-24-20(26)27-19(23-24)16-8-10-17(21)11-9-16/h4-11,13H,3,12H2,1-2H3,(H,22,25)/t13-/m0/s1. The van der Waals surface area contributed by atoms with E-state index in [9.17, 15) is 14.0 Å². The molecule has 1 atom stereocenters. The van der Waals surface area contributed by atoms with Gasteiger partial charge in [-0.05, 0) is 48.7 Å². The molecular weight excluding hydrogens is 349 g/mol. The summed E-state index contributed by atoms with van der Waals surface area (Å²) in [6, 6.07) is 13.2. The number of nitrogens with zero attached hydrogens (tertiary/aromatic N) is 2. The quantitative estimate of drug-likeness (QED) is 0.724. The van der Waals surface area contributed by atoms with Gasteiger partial charge in [0.15, 0.2) is 0 Å². The van der Waals surface area contributed by atoms with E-state index in [1.807, 2.05) is 31.2 Å². The summed E-state index contributed by atoms with van der Waals surface area (Å²) in [5.41, 5.74) is 2.65. The Kier molecular flexibility index (Phi) is 5.49. The summed E-state index contributed by atoms with van der Waals surface area (Å²) in [6.45, 7) is 3.69. The number of aryl methyl sites for hydroxylation is 1. The van der Waals surface area contributed by atoms with Crippen LogP contribution < -0.4 is 11.1 Å². The van der Waals surface area contributed by atoms with Crippen molar-refractivity contribution in [2.24, 2.45) is 0 Å². The molecule has 0 fully saturated rings. The van der Waals surface area contributed by atoms with Crippen LogP contribution in [0.2, 0.25) is 0 Å². The first-order valence-electron chi connectivity index (χ1n) is 8.68.